The number of aliphatic carboxylic acids is 1. The van der Waals surface area contributed by atoms with E-state index in [4.69, 9.17) is 9.16 Å². The summed E-state index contributed by atoms with van der Waals surface area (Å²) < 4.78 is 11.3. The summed E-state index contributed by atoms with van der Waals surface area (Å²) in [4.78, 5) is 24.0. The first-order valence-corrected chi connectivity index (χ1v) is 11.7. The number of carbonyl (C=O) groups excluding carboxylic acids is 1. The lowest BCUT2D eigenvalue weighted by atomic mass is 10.1. The van der Waals surface area contributed by atoms with Gasteiger partial charge in [0.1, 0.15) is 6.04 Å². The maximum absolute atomic E-state index is 12.5. The van der Waals surface area contributed by atoms with Gasteiger partial charge in [0.2, 0.25) is 0 Å². The zero-order valence-electron chi connectivity index (χ0n) is 16.5. The Morgan fingerprint density at radius 3 is 2.23 bits per heavy atom. The number of hydrogen-bond donors (Lipinski definition) is 2. The van der Waals surface area contributed by atoms with Crippen LogP contribution in [0.2, 0.25) is 18.1 Å². The van der Waals surface area contributed by atoms with Crippen LogP contribution in [0.15, 0.2) is 30.3 Å². The van der Waals surface area contributed by atoms with Gasteiger partial charge in [0.05, 0.1) is 0 Å². The third-order valence-corrected chi connectivity index (χ3v) is 9.40. The lowest BCUT2D eigenvalue weighted by Crippen LogP contribution is -2.46. The van der Waals surface area contributed by atoms with Crippen LogP contribution in [0, 0.1) is 0 Å². The van der Waals surface area contributed by atoms with E-state index in [1.54, 1.807) is 24.3 Å². The van der Waals surface area contributed by atoms with E-state index in [0.29, 0.717) is 5.56 Å². The summed E-state index contributed by atoms with van der Waals surface area (Å²) in [5.41, 5.74) is 0.675. The summed E-state index contributed by atoms with van der Waals surface area (Å²) in [5, 5.41) is 12.0. The molecule has 0 aliphatic carbocycles. The molecule has 1 aromatic carbocycles. The van der Waals surface area contributed by atoms with Crippen LogP contribution >= 0.6 is 0 Å². The molecule has 1 rings (SSSR count). The molecular weight excluding hydrogens is 350 g/mol. The first kappa shape index (κ1) is 22.3. The summed E-state index contributed by atoms with van der Waals surface area (Å²) in [5.74, 6) is -1.56. The molecule has 0 radical (unpaired) electrons. The highest BCUT2D eigenvalue weighted by Gasteiger charge is 2.37. The van der Waals surface area contributed by atoms with Crippen molar-refractivity contribution < 1.29 is 23.9 Å². The van der Waals surface area contributed by atoms with E-state index in [1.807, 2.05) is 6.07 Å². The van der Waals surface area contributed by atoms with Crippen LogP contribution in [0.5, 0.6) is 0 Å². The van der Waals surface area contributed by atoms with E-state index >= 15 is 0 Å². The number of carboxylic acids is 1. The molecule has 7 heteroatoms. The first-order chi connectivity index (χ1) is 12.0. The van der Waals surface area contributed by atoms with Crippen LogP contribution < -0.4 is 5.32 Å². The lowest BCUT2D eigenvalue weighted by Gasteiger charge is -2.36. The van der Waals surface area contributed by atoms with Gasteiger partial charge < -0.3 is 19.6 Å². The quantitative estimate of drug-likeness (QED) is 0.641. The second-order valence-electron chi connectivity index (χ2n) is 7.82. The number of amides is 1. The third kappa shape index (κ3) is 6.23. The number of ether oxygens (including phenoxy) is 1. The van der Waals surface area contributed by atoms with Gasteiger partial charge in [0, 0.05) is 20.1 Å². The minimum Gasteiger partial charge on any atom is -0.480 e. The average Bonchev–Trinajstić information content (AvgIpc) is 2.54. The maximum atomic E-state index is 12.5. The van der Waals surface area contributed by atoms with Gasteiger partial charge in [-0.05, 0) is 23.7 Å². The number of methoxy groups -OCH3 is 1. The topological polar surface area (TPSA) is 84.9 Å². The Hall–Kier alpha value is -1.70. The zero-order chi connectivity index (χ0) is 20.0. The highest BCUT2D eigenvalue weighted by atomic mass is 28.4. The molecule has 0 saturated heterocycles. The van der Waals surface area contributed by atoms with E-state index in [9.17, 15) is 14.7 Å². The van der Waals surface area contributed by atoms with Crippen LogP contribution in [0.4, 0.5) is 0 Å². The Morgan fingerprint density at radius 1 is 1.19 bits per heavy atom. The maximum Gasteiger partial charge on any atom is 0.326 e. The van der Waals surface area contributed by atoms with Crippen molar-refractivity contribution in [1.29, 1.82) is 0 Å². The molecule has 0 aliphatic rings. The molecule has 0 saturated carbocycles. The van der Waals surface area contributed by atoms with Crippen molar-refractivity contribution in [2.24, 2.45) is 0 Å². The summed E-state index contributed by atoms with van der Waals surface area (Å²) in [6, 6.07) is 7.96. The molecule has 0 unspecified atom stereocenters. The van der Waals surface area contributed by atoms with Gasteiger partial charge in [0.25, 0.3) is 5.91 Å². The van der Waals surface area contributed by atoms with Crippen LogP contribution in [0.3, 0.4) is 0 Å². The number of benzene rings is 1. The van der Waals surface area contributed by atoms with Crippen molar-refractivity contribution in [3.63, 3.8) is 0 Å². The molecule has 0 fully saturated rings. The second kappa shape index (κ2) is 9.30. The van der Waals surface area contributed by atoms with E-state index in [0.717, 1.165) is 0 Å². The molecular formula is C19H31NO5Si. The van der Waals surface area contributed by atoms with Gasteiger partial charge in [-0.3, -0.25) is 4.79 Å². The Morgan fingerprint density at radius 2 is 1.77 bits per heavy atom. The number of carbonyl (C=O) groups is 2. The predicted molar refractivity (Wildman–Crippen MR) is 104 cm³/mol. The van der Waals surface area contributed by atoms with Gasteiger partial charge in [-0.2, -0.15) is 0 Å². The number of nitrogens with one attached hydrogen (secondary N) is 1. The van der Waals surface area contributed by atoms with Crippen molar-refractivity contribution in [3.05, 3.63) is 35.9 Å². The molecule has 0 aliphatic heterocycles. The molecule has 2 N–H and O–H groups in total. The molecule has 2 atom stereocenters. The molecule has 26 heavy (non-hydrogen) atoms. The molecule has 0 spiro atoms. The van der Waals surface area contributed by atoms with Crippen LogP contribution in [-0.2, 0) is 18.8 Å². The summed E-state index contributed by atoms with van der Waals surface area (Å²) in [7, 11) is -0.534. The lowest BCUT2D eigenvalue weighted by molar-refractivity contribution is -0.144. The fourth-order valence-corrected chi connectivity index (χ4v) is 3.24. The van der Waals surface area contributed by atoms with Crippen LogP contribution in [0.25, 0.3) is 0 Å². The number of rotatable bonds is 9. The van der Waals surface area contributed by atoms with E-state index < -0.39 is 32.3 Å². The Balaban J connectivity index is 2.70. The highest BCUT2D eigenvalue weighted by Crippen LogP contribution is 2.36. The Bertz CT molecular complexity index is 598. The SMILES string of the molecule is CO[C@H](C(=O)N[C@H](CCO[Si](C)(C)C(C)(C)C)C(=O)O)c1ccccc1. The minimum atomic E-state index is -1.96. The number of hydrogen-bond acceptors (Lipinski definition) is 4. The average molecular weight is 382 g/mol. The zero-order valence-corrected chi connectivity index (χ0v) is 17.5. The van der Waals surface area contributed by atoms with Gasteiger partial charge in [-0.25, -0.2) is 4.79 Å². The van der Waals surface area contributed by atoms with Crippen molar-refractivity contribution in [1.82, 2.24) is 5.32 Å². The minimum absolute atomic E-state index is 0.0451. The van der Waals surface area contributed by atoms with E-state index in [2.05, 4.69) is 39.2 Å². The van der Waals surface area contributed by atoms with Gasteiger partial charge in [0.15, 0.2) is 14.4 Å². The Labute approximate surface area is 157 Å². The van der Waals surface area contributed by atoms with E-state index in [1.165, 1.54) is 7.11 Å². The smallest absolute Gasteiger partial charge is 0.326 e. The molecule has 0 bridgehead atoms. The monoisotopic (exact) mass is 381 g/mol. The first-order valence-electron chi connectivity index (χ1n) is 8.74. The Kier molecular flexibility index (Phi) is 7.99. The molecule has 146 valence electrons. The second-order valence-corrected chi connectivity index (χ2v) is 12.6. The van der Waals surface area contributed by atoms with Crippen molar-refractivity contribution in [2.75, 3.05) is 13.7 Å². The summed E-state index contributed by atoms with van der Waals surface area (Å²) in [6.07, 6.45) is -0.641. The van der Waals surface area contributed by atoms with E-state index in [-0.39, 0.29) is 18.1 Å². The predicted octanol–water partition coefficient (Wildman–Crippen LogP) is 3.36. The van der Waals surface area contributed by atoms with Crippen molar-refractivity contribution >= 4 is 20.2 Å². The standard InChI is InChI=1S/C19H31NO5Si/c1-19(2,3)26(5,6)25-13-12-15(18(22)23)20-17(21)16(24-4)14-10-8-7-9-11-14/h7-11,15-16H,12-13H2,1-6H3,(H,20,21)(H,22,23)/t15-,16+/m1/s1. The van der Waals surface area contributed by atoms with Gasteiger partial charge in [-0.1, -0.05) is 51.1 Å². The molecule has 0 heterocycles. The van der Waals surface area contributed by atoms with Crippen molar-refractivity contribution in [3.8, 4) is 0 Å². The fraction of sp³-hybridized carbons (Fsp3) is 0.579. The largest absolute Gasteiger partial charge is 0.480 e. The van der Waals surface area contributed by atoms with Gasteiger partial charge in [-0.15, -0.1) is 0 Å². The van der Waals surface area contributed by atoms with Crippen LogP contribution in [-0.4, -0.2) is 45.1 Å². The molecule has 1 aromatic rings. The third-order valence-electron chi connectivity index (χ3n) is 4.87. The molecule has 6 nitrogen and oxygen atoms in total. The molecule has 0 aromatic heterocycles. The summed E-state index contributed by atoms with van der Waals surface area (Å²) >= 11 is 0. The number of carboxylic acid groups (broad SMARTS) is 1. The fourth-order valence-electron chi connectivity index (χ4n) is 2.18. The van der Waals surface area contributed by atoms with Crippen molar-refractivity contribution in [2.45, 2.75) is 57.5 Å². The van der Waals surface area contributed by atoms with Crippen LogP contribution in [0.1, 0.15) is 38.9 Å². The highest BCUT2D eigenvalue weighted by molar-refractivity contribution is 6.74. The summed E-state index contributed by atoms with van der Waals surface area (Å²) in [6.45, 7) is 10.9. The molecule has 1 amide bonds. The van der Waals surface area contributed by atoms with Gasteiger partial charge >= 0.3 is 5.97 Å². The normalized spacial score (nSPS) is 14.5.